The smallest absolute Gasteiger partial charge is 0.0546 e. The summed E-state index contributed by atoms with van der Waals surface area (Å²) in [7, 11) is 0. The Hall–Kier alpha value is -4.18. The van der Waals surface area contributed by atoms with Crippen LogP contribution in [0.1, 0.15) is 25.0 Å². The Balaban J connectivity index is 1.45. The van der Waals surface area contributed by atoms with Crippen molar-refractivity contribution >= 4 is 96.8 Å². The maximum atomic E-state index is 3.88. The first-order valence-corrected chi connectivity index (χ1v) is 16.0. The standard InChI is InChI=1S/C39H26BrNS/c1-39(2)31-16-8-9-17-34(31)41(36-22-38-30(19-32(36)39)27-15-7-10-18-37(27)42-38)35-21-29-23-11-3-5-13-25(23)33(40)20-28(29)24-12-4-6-14-26(24)35/h3-22H,1-2H3. The van der Waals surface area contributed by atoms with Crippen LogP contribution in [-0.4, -0.2) is 0 Å². The summed E-state index contributed by atoms with van der Waals surface area (Å²) in [5, 5.41) is 10.3. The van der Waals surface area contributed by atoms with Crippen LogP contribution in [0.2, 0.25) is 0 Å². The lowest BCUT2D eigenvalue weighted by Crippen LogP contribution is -2.30. The lowest BCUT2D eigenvalue weighted by molar-refractivity contribution is 0.633. The second-order valence-corrected chi connectivity index (χ2v) is 13.8. The third-order valence-electron chi connectivity index (χ3n) is 9.28. The van der Waals surface area contributed by atoms with Crippen LogP contribution in [0, 0.1) is 0 Å². The molecule has 1 aromatic heterocycles. The van der Waals surface area contributed by atoms with E-state index in [0.717, 1.165) is 4.47 Å². The zero-order valence-corrected chi connectivity index (χ0v) is 25.7. The third-order valence-corrected chi connectivity index (χ3v) is 11.1. The summed E-state index contributed by atoms with van der Waals surface area (Å²) in [4.78, 5) is 2.54. The molecule has 0 saturated carbocycles. The molecule has 42 heavy (non-hydrogen) atoms. The minimum atomic E-state index is -0.149. The lowest BCUT2D eigenvalue weighted by atomic mass is 9.73. The van der Waals surface area contributed by atoms with E-state index in [-0.39, 0.29) is 5.41 Å². The highest BCUT2D eigenvalue weighted by Crippen LogP contribution is 2.55. The summed E-state index contributed by atoms with van der Waals surface area (Å²) in [5.41, 5.74) is 6.30. The van der Waals surface area contributed by atoms with Crippen molar-refractivity contribution in [3.05, 3.63) is 137 Å². The second kappa shape index (κ2) is 8.67. The average Bonchev–Trinajstić information content (AvgIpc) is 3.39. The maximum Gasteiger partial charge on any atom is 0.0546 e. The SMILES string of the molecule is CC1(C)c2ccccc2N(c2cc3c4ccccc4c(Br)cc3c3ccccc23)c2cc3sc4ccccc4c3cc21. The Kier molecular flexibility index (Phi) is 5.04. The fourth-order valence-corrected chi connectivity index (χ4v) is 8.95. The van der Waals surface area contributed by atoms with E-state index >= 15 is 0 Å². The van der Waals surface area contributed by atoms with Crippen molar-refractivity contribution in [3.8, 4) is 0 Å². The Morgan fingerprint density at radius 3 is 1.90 bits per heavy atom. The molecule has 0 aliphatic carbocycles. The molecular formula is C39H26BrNS. The Labute approximate surface area is 256 Å². The molecule has 0 N–H and O–H groups in total. The summed E-state index contributed by atoms with van der Waals surface area (Å²) in [6.07, 6.45) is 0. The Morgan fingerprint density at radius 1 is 0.476 bits per heavy atom. The van der Waals surface area contributed by atoms with Crippen molar-refractivity contribution in [1.29, 1.82) is 0 Å². The highest BCUT2D eigenvalue weighted by Gasteiger charge is 2.38. The highest BCUT2D eigenvalue weighted by atomic mass is 79.9. The van der Waals surface area contributed by atoms with E-state index < -0.39 is 0 Å². The second-order valence-electron chi connectivity index (χ2n) is 11.9. The molecule has 2 heterocycles. The van der Waals surface area contributed by atoms with Gasteiger partial charge in [-0.1, -0.05) is 115 Å². The molecule has 1 aliphatic rings. The molecule has 0 amide bonds. The molecule has 0 bridgehead atoms. The van der Waals surface area contributed by atoms with Crippen molar-refractivity contribution in [2.24, 2.45) is 0 Å². The number of anilines is 3. The van der Waals surface area contributed by atoms with Gasteiger partial charge in [0.05, 0.1) is 17.1 Å². The molecule has 1 nitrogen and oxygen atoms in total. The number of rotatable bonds is 1. The van der Waals surface area contributed by atoms with Crippen LogP contribution < -0.4 is 4.90 Å². The van der Waals surface area contributed by atoms with Crippen molar-refractivity contribution < 1.29 is 0 Å². The van der Waals surface area contributed by atoms with Gasteiger partial charge in [0.15, 0.2) is 0 Å². The molecule has 0 unspecified atom stereocenters. The van der Waals surface area contributed by atoms with Crippen LogP contribution in [0.4, 0.5) is 17.1 Å². The van der Waals surface area contributed by atoms with E-state index in [1.807, 2.05) is 11.3 Å². The summed E-state index contributed by atoms with van der Waals surface area (Å²) in [6, 6.07) is 45.1. The molecule has 0 fully saturated rings. The van der Waals surface area contributed by atoms with Gasteiger partial charge in [-0.05, 0) is 74.5 Å². The number of nitrogens with zero attached hydrogens (tertiary/aromatic N) is 1. The van der Waals surface area contributed by atoms with Gasteiger partial charge < -0.3 is 4.90 Å². The lowest BCUT2D eigenvalue weighted by Gasteiger charge is -2.42. The van der Waals surface area contributed by atoms with Crippen molar-refractivity contribution in [2.75, 3.05) is 4.90 Å². The molecule has 0 saturated heterocycles. The van der Waals surface area contributed by atoms with Crippen LogP contribution in [0.15, 0.2) is 126 Å². The van der Waals surface area contributed by atoms with Gasteiger partial charge >= 0.3 is 0 Å². The summed E-state index contributed by atoms with van der Waals surface area (Å²) in [5.74, 6) is 0. The molecule has 9 rings (SSSR count). The first-order chi connectivity index (χ1) is 20.5. The van der Waals surface area contributed by atoms with E-state index in [2.05, 4.69) is 156 Å². The number of halogens is 1. The molecular weight excluding hydrogens is 594 g/mol. The van der Waals surface area contributed by atoms with Crippen LogP contribution in [-0.2, 0) is 5.41 Å². The number of hydrogen-bond acceptors (Lipinski definition) is 2. The van der Waals surface area contributed by atoms with Gasteiger partial charge in [0.2, 0.25) is 0 Å². The Morgan fingerprint density at radius 2 is 1.10 bits per heavy atom. The molecule has 8 aromatic rings. The van der Waals surface area contributed by atoms with Gasteiger partial charge in [-0.2, -0.15) is 0 Å². The Bertz CT molecular complexity index is 2410. The summed E-state index contributed by atoms with van der Waals surface area (Å²) in [6.45, 7) is 4.76. The van der Waals surface area contributed by atoms with Gasteiger partial charge in [-0.3, -0.25) is 0 Å². The van der Waals surface area contributed by atoms with Crippen molar-refractivity contribution in [2.45, 2.75) is 19.3 Å². The minimum Gasteiger partial charge on any atom is -0.309 e. The van der Waals surface area contributed by atoms with Gasteiger partial charge in [0.25, 0.3) is 0 Å². The zero-order chi connectivity index (χ0) is 28.2. The quantitative estimate of drug-likeness (QED) is 0.165. The topological polar surface area (TPSA) is 3.24 Å². The van der Waals surface area contributed by atoms with Crippen LogP contribution >= 0.6 is 27.3 Å². The monoisotopic (exact) mass is 619 g/mol. The maximum absolute atomic E-state index is 3.88. The first-order valence-electron chi connectivity index (χ1n) is 14.4. The molecule has 0 radical (unpaired) electrons. The third kappa shape index (κ3) is 3.24. The minimum absolute atomic E-state index is 0.149. The van der Waals surface area contributed by atoms with E-state index in [4.69, 9.17) is 0 Å². The van der Waals surface area contributed by atoms with Gasteiger partial charge in [-0.25, -0.2) is 0 Å². The number of para-hydroxylation sites is 1. The average molecular weight is 621 g/mol. The van der Waals surface area contributed by atoms with Crippen molar-refractivity contribution in [1.82, 2.24) is 0 Å². The molecule has 7 aromatic carbocycles. The summed E-state index contributed by atoms with van der Waals surface area (Å²) >= 11 is 5.77. The number of thiophene rings is 1. The fraction of sp³-hybridized carbons (Fsp3) is 0.0769. The zero-order valence-electron chi connectivity index (χ0n) is 23.3. The number of fused-ring (bicyclic) bond motifs is 10. The molecule has 0 atom stereocenters. The van der Waals surface area contributed by atoms with Crippen LogP contribution in [0.25, 0.3) is 52.5 Å². The molecule has 3 heteroatoms. The first kappa shape index (κ1) is 24.4. The molecule has 200 valence electrons. The molecule has 0 spiro atoms. The van der Waals surface area contributed by atoms with Crippen LogP contribution in [0.5, 0.6) is 0 Å². The van der Waals surface area contributed by atoms with E-state index in [9.17, 15) is 0 Å². The predicted octanol–water partition coefficient (Wildman–Crippen LogP) is 12.4. The van der Waals surface area contributed by atoms with Crippen molar-refractivity contribution in [3.63, 3.8) is 0 Å². The number of benzene rings is 7. The fourth-order valence-electron chi connectivity index (χ4n) is 7.25. The summed E-state index contributed by atoms with van der Waals surface area (Å²) < 4.78 is 3.80. The van der Waals surface area contributed by atoms with Crippen LogP contribution in [0.3, 0.4) is 0 Å². The molecule has 1 aliphatic heterocycles. The number of hydrogen-bond donors (Lipinski definition) is 0. The van der Waals surface area contributed by atoms with Gasteiger partial charge in [-0.15, -0.1) is 11.3 Å². The largest absolute Gasteiger partial charge is 0.309 e. The van der Waals surface area contributed by atoms with E-state index in [1.54, 1.807) is 0 Å². The van der Waals surface area contributed by atoms with Gasteiger partial charge in [0, 0.05) is 35.4 Å². The van der Waals surface area contributed by atoms with E-state index in [1.165, 1.54) is 80.7 Å². The van der Waals surface area contributed by atoms with Gasteiger partial charge in [0.1, 0.15) is 0 Å². The highest BCUT2D eigenvalue weighted by molar-refractivity contribution is 9.10. The predicted molar refractivity (Wildman–Crippen MR) is 186 cm³/mol. The normalized spacial score (nSPS) is 14.2. The van der Waals surface area contributed by atoms with E-state index in [0.29, 0.717) is 0 Å².